The van der Waals surface area contributed by atoms with Crippen LogP contribution in [0.25, 0.3) is 16.3 Å². The molecule has 0 saturated heterocycles. The molecular weight excluding hydrogens is 472 g/mol. The summed E-state index contributed by atoms with van der Waals surface area (Å²) in [6, 6.07) is 13.4. The third-order valence-corrected chi connectivity index (χ3v) is 7.56. The molecule has 0 aliphatic carbocycles. The molecule has 172 valence electrons. The molecule has 3 N–H and O–H groups in total. The number of carbonyl (C=O) groups excluding carboxylic acids is 1. The second kappa shape index (κ2) is 9.34. The van der Waals surface area contributed by atoms with Crippen LogP contribution in [0, 0.1) is 0 Å². The van der Waals surface area contributed by atoms with Crippen LogP contribution < -0.4 is 10.2 Å². The molecule has 1 amide bonds. The van der Waals surface area contributed by atoms with Crippen molar-refractivity contribution in [3.8, 4) is 0 Å². The highest BCUT2D eigenvalue weighted by molar-refractivity contribution is 7.22. The molecule has 2 aromatic heterocycles. The highest BCUT2D eigenvalue weighted by Crippen LogP contribution is 2.33. The van der Waals surface area contributed by atoms with Crippen LogP contribution in [0.2, 0.25) is 0 Å². The predicted molar refractivity (Wildman–Crippen MR) is 134 cm³/mol. The Bertz CT molecular complexity index is 1390. The number of aliphatic hydroxyl groups is 1. The maximum atomic E-state index is 13.2. The summed E-state index contributed by atoms with van der Waals surface area (Å²) >= 11 is 2.68. The van der Waals surface area contributed by atoms with Crippen LogP contribution >= 0.6 is 22.7 Å². The molecule has 0 spiro atoms. The van der Waals surface area contributed by atoms with E-state index in [1.807, 2.05) is 41.3 Å². The maximum absolute atomic E-state index is 13.2. The Morgan fingerprint density at radius 3 is 2.76 bits per heavy atom. The summed E-state index contributed by atoms with van der Waals surface area (Å²) in [5.74, 6) is -1.34. The normalized spacial score (nSPS) is 13.4. The molecule has 5 rings (SSSR count). The number of amides is 1. The number of thiazole rings is 2. The number of fused-ring (bicyclic) bond motifs is 2. The first-order chi connectivity index (χ1) is 16.5. The molecule has 0 atom stereocenters. The number of nitrogens with zero attached hydrogens (tertiary/aromatic N) is 3. The number of para-hydroxylation sites is 1. The lowest BCUT2D eigenvalue weighted by atomic mass is 9.94. The molecule has 1 aliphatic rings. The number of benzene rings is 2. The highest BCUT2D eigenvalue weighted by Gasteiger charge is 2.26. The van der Waals surface area contributed by atoms with Crippen molar-refractivity contribution < 1.29 is 19.8 Å². The smallest absolute Gasteiger partial charge is 0.356 e. The number of aliphatic hydroxyl groups excluding tert-OH is 1. The largest absolute Gasteiger partial charge is 0.476 e. The zero-order valence-corrected chi connectivity index (χ0v) is 19.5. The van der Waals surface area contributed by atoms with Gasteiger partial charge in [-0.05, 0) is 41.8 Å². The molecule has 8 nitrogen and oxygen atoms in total. The molecular formula is C24H20N4O4S2. The summed E-state index contributed by atoms with van der Waals surface area (Å²) in [5.41, 5.74) is 3.35. The van der Waals surface area contributed by atoms with Crippen LogP contribution in [0.1, 0.15) is 36.9 Å². The molecule has 2 aromatic carbocycles. The molecule has 0 radical (unpaired) electrons. The Labute approximate surface area is 202 Å². The number of aromatic nitrogens is 2. The lowest BCUT2D eigenvalue weighted by Gasteiger charge is -2.29. The molecule has 0 saturated carbocycles. The zero-order chi connectivity index (χ0) is 23.7. The van der Waals surface area contributed by atoms with E-state index in [4.69, 9.17) is 5.11 Å². The van der Waals surface area contributed by atoms with Crippen molar-refractivity contribution in [2.24, 2.45) is 0 Å². The number of carbonyl (C=O) groups is 2. The van der Waals surface area contributed by atoms with Gasteiger partial charge in [0.15, 0.2) is 16.0 Å². The van der Waals surface area contributed by atoms with Crippen molar-refractivity contribution in [3.05, 3.63) is 75.8 Å². The Morgan fingerprint density at radius 2 is 1.97 bits per heavy atom. The predicted octanol–water partition coefficient (Wildman–Crippen LogP) is 4.27. The van der Waals surface area contributed by atoms with Crippen molar-refractivity contribution in [2.75, 3.05) is 23.4 Å². The number of carboxylic acids is 1. The van der Waals surface area contributed by atoms with E-state index in [1.54, 1.807) is 12.1 Å². The van der Waals surface area contributed by atoms with Crippen molar-refractivity contribution in [2.45, 2.75) is 13.0 Å². The molecule has 0 bridgehead atoms. The van der Waals surface area contributed by atoms with Crippen LogP contribution in [0.3, 0.4) is 0 Å². The van der Waals surface area contributed by atoms with E-state index in [0.717, 1.165) is 21.3 Å². The van der Waals surface area contributed by atoms with Gasteiger partial charge in [0.2, 0.25) is 0 Å². The third kappa shape index (κ3) is 4.30. The van der Waals surface area contributed by atoms with Gasteiger partial charge in [0, 0.05) is 18.7 Å². The Balaban J connectivity index is 1.42. The maximum Gasteiger partial charge on any atom is 0.356 e. The number of nitrogens with one attached hydrogen (secondary N) is 1. The number of hydrogen-bond acceptors (Lipinski definition) is 8. The average Bonchev–Trinajstić information content (AvgIpc) is 3.45. The van der Waals surface area contributed by atoms with E-state index in [9.17, 15) is 14.7 Å². The summed E-state index contributed by atoms with van der Waals surface area (Å²) in [5, 5.41) is 22.6. The van der Waals surface area contributed by atoms with Gasteiger partial charge in [0.25, 0.3) is 5.91 Å². The van der Waals surface area contributed by atoms with Gasteiger partial charge in [-0.2, -0.15) is 0 Å². The molecule has 0 fully saturated rings. The SMILES string of the molecule is O=C(Nc1nc2ccccc2s1)c1cccc2c1CN(c1nc(C(=O)O)c(/C=C/CO)s1)CC2. The Morgan fingerprint density at radius 1 is 1.12 bits per heavy atom. The second-order valence-corrected chi connectivity index (χ2v) is 9.69. The van der Waals surface area contributed by atoms with Crippen LogP contribution in [0.5, 0.6) is 0 Å². The molecule has 0 unspecified atom stereocenters. The highest BCUT2D eigenvalue weighted by atomic mass is 32.1. The fourth-order valence-corrected chi connectivity index (χ4v) is 5.80. The quantitative estimate of drug-likeness (QED) is 0.368. The van der Waals surface area contributed by atoms with Crippen molar-refractivity contribution >= 4 is 61.1 Å². The molecule has 1 aliphatic heterocycles. The zero-order valence-electron chi connectivity index (χ0n) is 17.9. The minimum absolute atomic E-state index is 0.0441. The van der Waals surface area contributed by atoms with Gasteiger partial charge in [-0.1, -0.05) is 53.0 Å². The summed E-state index contributed by atoms with van der Waals surface area (Å²) in [6.07, 6.45) is 3.76. The van der Waals surface area contributed by atoms with Crippen molar-refractivity contribution in [3.63, 3.8) is 0 Å². The number of anilines is 2. The third-order valence-electron chi connectivity index (χ3n) is 5.52. The van der Waals surface area contributed by atoms with Gasteiger partial charge in [-0.3, -0.25) is 10.1 Å². The van der Waals surface area contributed by atoms with Gasteiger partial charge in [0.1, 0.15) is 0 Å². The van der Waals surface area contributed by atoms with Crippen LogP contribution in [0.4, 0.5) is 10.3 Å². The van der Waals surface area contributed by atoms with Crippen LogP contribution in [-0.2, 0) is 13.0 Å². The van der Waals surface area contributed by atoms with E-state index >= 15 is 0 Å². The first kappa shape index (κ1) is 22.2. The fraction of sp³-hybridized carbons (Fsp3) is 0.167. The molecule has 3 heterocycles. The van der Waals surface area contributed by atoms with Gasteiger partial charge >= 0.3 is 5.97 Å². The lowest BCUT2D eigenvalue weighted by Crippen LogP contribution is -2.32. The van der Waals surface area contributed by atoms with Crippen LogP contribution in [0.15, 0.2) is 48.5 Å². The molecule has 10 heteroatoms. The Hall–Kier alpha value is -3.60. The standard InChI is InChI=1S/C24H20N4O4S2/c29-12-4-9-19-20(22(31)32)26-24(34-19)28-11-10-14-5-3-6-15(16(14)13-28)21(30)27-23-25-17-7-1-2-8-18(17)33-23/h1-9,29H,10-13H2,(H,31,32)(H,25,27,30)/b9-4+. The second-order valence-electron chi connectivity index (χ2n) is 7.66. The van der Waals surface area contributed by atoms with E-state index in [0.29, 0.717) is 40.2 Å². The summed E-state index contributed by atoms with van der Waals surface area (Å²) in [7, 11) is 0. The first-order valence-corrected chi connectivity index (χ1v) is 12.2. The fourth-order valence-electron chi connectivity index (χ4n) is 3.93. The molecule has 4 aromatic rings. The minimum Gasteiger partial charge on any atom is -0.476 e. The topological polar surface area (TPSA) is 116 Å². The van der Waals surface area contributed by atoms with E-state index < -0.39 is 5.97 Å². The van der Waals surface area contributed by atoms with Crippen molar-refractivity contribution in [1.29, 1.82) is 0 Å². The number of rotatable bonds is 6. The summed E-state index contributed by atoms with van der Waals surface area (Å²) < 4.78 is 1.00. The number of aromatic carboxylic acids is 1. The molecule has 34 heavy (non-hydrogen) atoms. The van der Waals surface area contributed by atoms with Gasteiger partial charge in [0.05, 0.1) is 21.7 Å². The van der Waals surface area contributed by atoms with Gasteiger partial charge in [-0.25, -0.2) is 14.8 Å². The van der Waals surface area contributed by atoms with E-state index in [1.165, 1.54) is 28.7 Å². The van der Waals surface area contributed by atoms with Crippen molar-refractivity contribution in [1.82, 2.24) is 9.97 Å². The minimum atomic E-state index is -1.12. The van der Waals surface area contributed by atoms with Gasteiger partial charge in [-0.15, -0.1) is 0 Å². The lowest BCUT2D eigenvalue weighted by molar-refractivity contribution is 0.0691. The summed E-state index contributed by atoms with van der Waals surface area (Å²) in [6.45, 7) is 0.913. The van der Waals surface area contributed by atoms with E-state index in [2.05, 4.69) is 15.3 Å². The number of hydrogen-bond donors (Lipinski definition) is 3. The van der Waals surface area contributed by atoms with E-state index in [-0.39, 0.29) is 18.2 Å². The average molecular weight is 493 g/mol. The summed E-state index contributed by atoms with van der Waals surface area (Å²) in [4.78, 5) is 36.1. The number of carboxylic acid groups (broad SMARTS) is 1. The van der Waals surface area contributed by atoms with Crippen LogP contribution in [-0.4, -0.2) is 45.2 Å². The Kier molecular flexibility index (Phi) is 6.10. The monoisotopic (exact) mass is 492 g/mol. The van der Waals surface area contributed by atoms with Gasteiger partial charge < -0.3 is 15.1 Å². The first-order valence-electron chi connectivity index (χ1n) is 10.6.